The average Bonchev–Trinajstić information content (AvgIpc) is 2.34. The Hall–Kier alpha value is -1.98. The Labute approximate surface area is 122 Å². The minimum Gasteiger partial charge on any atom is -0.480 e. The first-order chi connectivity index (χ1) is 9.72. The van der Waals surface area contributed by atoms with E-state index in [2.05, 4.69) is 5.32 Å². The molecule has 1 unspecified atom stereocenters. The van der Waals surface area contributed by atoms with Crippen LogP contribution in [0.3, 0.4) is 0 Å². The molecule has 116 valence electrons. The van der Waals surface area contributed by atoms with Crippen molar-refractivity contribution in [1.82, 2.24) is 5.32 Å². The van der Waals surface area contributed by atoms with Gasteiger partial charge in [0, 0.05) is 12.5 Å². The average molecular weight is 299 g/mol. The molecule has 1 amide bonds. The number of carboxylic acids is 1. The molecule has 1 aromatic carbocycles. The van der Waals surface area contributed by atoms with E-state index >= 15 is 0 Å². The molecular formula is C15H19F2NO3. The monoisotopic (exact) mass is 299 g/mol. The van der Waals surface area contributed by atoms with Crippen molar-refractivity contribution in [3.8, 4) is 0 Å². The Morgan fingerprint density at radius 1 is 1.24 bits per heavy atom. The number of aliphatic carboxylic acids is 1. The van der Waals surface area contributed by atoms with Crippen molar-refractivity contribution in [1.29, 1.82) is 0 Å². The lowest BCUT2D eigenvalue weighted by Crippen LogP contribution is -2.44. The summed E-state index contributed by atoms with van der Waals surface area (Å²) >= 11 is 0. The zero-order valence-electron chi connectivity index (χ0n) is 12.2. The van der Waals surface area contributed by atoms with Gasteiger partial charge >= 0.3 is 5.97 Å². The van der Waals surface area contributed by atoms with Gasteiger partial charge in [0.15, 0.2) is 0 Å². The largest absolute Gasteiger partial charge is 0.480 e. The van der Waals surface area contributed by atoms with E-state index < -0.39 is 35.5 Å². The highest BCUT2D eigenvalue weighted by Gasteiger charge is 2.24. The third-order valence-electron chi connectivity index (χ3n) is 3.23. The van der Waals surface area contributed by atoms with Crippen LogP contribution in [0.2, 0.25) is 0 Å². The Morgan fingerprint density at radius 3 is 2.33 bits per heavy atom. The molecule has 1 rings (SSSR count). The summed E-state index contributed by atoms with van der Waals surface area (Å²) in [5.74, 6) is -3.73. The van der Waals surface area contributed by atoms with E-state index in [9.17, 15) is 18.4 Å². The maximum atomic E-state index is 13.6. The van der Waals surface area contributed by atoms with Gasteiger partial charge in [-0.1, -0.05) is 26.8 Å². The van der Waals surface area contributed by atoms with Gasteiger partial charge in [0.2, 0.25) is 5.91 Å². The number of carbonyl (C=O) groups excluding carboxylic acids is 1. The molecule has 6 heteroatoms. The summed E-state index contributed by atoms with van der Waals surface area (Å²) in [6.07, 6.45) is -0.0704. The first-order valence-corrected chi connectivity index (χ1v) is 6.69. The molecule has 2 atom stereocenters. The van der Waals surface area contributed by atoms with Crippen LogP contribution in [0.25, 0.3) is 0 Å². The second-order valence-electron chi connectivity index (χ2n) is 5.40. The standard InChI is InChI=1S/C15H19F2NO3/c1-8(2)14(15(20)21)18-13(19)6-9(3)11-5-4-10(16)7-12(11)17/h4-5,7-9,14H,6H2,1-3H3,(H,18,19)(H,20,21)/t9?,14-/m1/s1. The van der Waals surface area contributed by atoms with Crippen LogP contribution >= 0.6 is 0 Å². The fourth-order valence-corrected chi connectivity index (χ4v) is 2.04. The van der Waals surface area contributed by atoms with Crippen molar-refractivity contribution in [2.45, 2.75) is 39.2 Å². The summed E-state index contributed by atoms with van der Waals surface area (Å²) in [5.41, 5.74) is 0.225. The Kier molecular flexibility index (Phi) is 5.81. The van der Waals surface area contributed by atoms with Crippen molar-refractivity contribution in [2.75, 3.05) is 0 Å². The van der Waals surface area contributed by atoms with Crippen LogP contribution in [-0.4, -0.2) is 23.0 Å². The molecule has 0 heterocycles. The quantitative estimate of drug-likeness (QED) is 0.848. The van der Waals surface area contributed by atoms with Crippen molar-refractivity contribution in [3.05, 3.63) is 35.4 Å². The third-order valence-corrected chi connectivity index (χ3v) is 3.23. The molecule has 0 aliphatic carbocycles. The Bertz CT molecular complexity index is 532. The summed E-state index contributed by atoms with van der Waals surface area (Å²) in [5, 5.41) is 11.4. The number of hydrogen-bond acceptors (Lipinski definition) is 2. The number of hydrogen-bond donors (Lipinski definition) is 2. The minimum absolute atomic E-state index is 0.0704. The summed E-state index contributed by atoms with van der Waals surface area (Å²) in [6, 6.07) is 2.20. The lowest BCUT2D eigenvalue weighted by molar-refractivity contribution is -0.143. The Morgan fingerprint density at radius 2 is 1.86 bits per heavy atom. The van der Waals surface area contributed by atoms with Gasteiger partial charge in [0.1, 0.15) is 17.7 Å². The second kappa shape index (κ2) is 7.15. The molecule has 0 aliphatic rings. The van der Waals surface area contributed by atoms with E-state index in [1.807, 2.05) is 0 Å². The Balaban J connectivity index is 2.71. The van der Waals surface area contributed by atoms with Crippen LogP contribution in [-0.2, 0) is 9.59 Å². The van der Waals surface area contributed by atoms with E-state index in [1.54, 1.807) is 20.8 Å². The van der Waals surface area contributed by atoms with Crippen LogP contribution in [0.1, 0.15) is 38.7 Å². The highest BCUT2D eigenvalue weighted by Crippen LogP contribution is 2.22. The first kappa shape index (κ1) is 17.1. The molecule has 21 heavy (non-hydrogen) atoms. The molecule has 0 radical (unpaired) electrons. The molecular weight excluding hydrogens is 280 g/mol. The van der Waals surface area contributed by atoms with Crippen LogP contribution < -0.4 is 5.32 Å². The van der Waals surface area contributed by atoms with Gasteiger partial charge in [-0.2, -0.15) is 0 Å². The number of rotatable bonds is 6. The molecule has 4 nitrogen and oxygen atoms in total. The number of carboxylic acid groups (broad SMARTS) is 1. The van der Waals surface area contributed by atoms with E-state index in [1.165, 1.54) is 6.07 Å². The summed E-state index contributed by atoms with van der Waals surface area (Å²) < 4.78 is 26.4. The lowest BCUT2D eigenvalue weighted by Gasteiger charge is -2.19. The van der Waals surface area contributed by atoms with Crippen molar-refractivity contribution < 1.29 is 23.5 Å². The fourth-order valence-electron chi connectivity index (χ4n) is 2.04. The molecule has 0 saturated carbocycles. The molecule has 0 bridgehead atoms. The third kappa shape index (κ3) is 4.81. The normalized spacial score (nSPS) is 13.8. The molecule has 0 spiro atoms. The molecule has 0 fully saturated rings. The van der Waals surface area contributed by atoms with E-state index in [4.69, 9.17) is 5.11 Å². The van der Waals surface area contributed by atoms with Gasteiger partial charge in [0.05, 0.1) is 0 Å². The summed E-state index contributed by atoms with van der Waals surface area (Å²) in [7, 11) is 0. The second-order valence-corrected chi connectivity index (χ2v) is 5.40. The first-order valence-electron chi connectivity index (χ1n) is 6.69. The maximum Gasteiger partial charge on any atom is 0.326 e. The lowest BCUT2D eigenvalue weighted by atomic mass is 9.96. The van der Waals surface area contributed by atoms with Crippen LogP contribution in [0.5, 0.6) is 0 Å². The van der Waals surface area contributed by atoms with E-state index in [0.29, 0.717) is 0 Å². The number of nitrogens with one attached hydrogen (secondary N) is 1. The SMILES string of the molecule is CC(CC(=O)N[C@@H](C(=O)O)C(C)C)c1ccc(F)cc1F. The highest BCUT2D eigenvalue weighted by atomic mass is 19.1. The van der Waals surface area contributed by atoms with Gasteiger partial charge in [-0.25, -0.2) is 13.6 Å². The number of carbonyl (C=O) groups is 2. The predicted molar refractivity (Wildman–Crippen MR) is 73.8 cm³/mol. The topological polar surface area (TPSA) is 66.4 Å². The molecule has 0 saturated heterocycles. The minimum atomic E-state index is -1.11. The van der Waals surface area contributed by atoms with Gasteiger partial charge in [0.25, 0.3) is 0 Å². The number of amides is 1. The van der Waals surface area contributed by atoms with Crippen molar-refractivity contribution >= 4 is 11.9 Å². The van der Waals surface area contributed by atoms with Crippen LogP contribution in [0.4, 0.5) is 8.78 Å². The smallest absolute Gasteiger partial charge is 0.326 e. The summed E-state index contributed by atoms with van der Waals surface area (Å²) in [4.78, 5) is 22.9. The van der Waals surface area contributed by atoms with Gasteiger partial charge in [-0.05, 0) is 23.5 Å². The maximum absolute atomic E-state index is 13.6. The van der Waals surface area contributed by atoms with Gasteiger partial charge in [-0.3, -0.25) is 4.79 Å². The van der Waals surface area contributed by atoms with E-state index in [0.717, 1.165) is 12.1 Å². The fraction of sp³-hybridized carbons (Fsp3) is 0.467. The zero-order chi connectivity index (χ0) is 16.2. The number of benzene rings is 1. The van der Waals surface area contributed by atoms with Crippen molar-refractivity contribution in [3.63, 3.8) is 0 Å². The summed E-state index contributed by atoms with van der Waals surface area (Å²) in [6.45, 7) is 4.99. The molecule has 1 aromatic rings. The van der Waals surface area contributed by atoms with Gasteiger partial charge in [-0.15, -0.1) is 0 Å². The van der Waals surface area contributed by atoms with Gasteiger partial charge < -0.3 is 10.4 Å². The molecule has 0 aromatic heterocycles. The zero-order valence-corrected chi connectivity index (χ0v) is 12.2. The highest BCUT2D eigenvalue weighted by molar-refractivity contribution is 5.84. The van der Waals surface area contributed by atoms with Crippen LogP contribution in [0, 0.1) is 17.6 Å². The van der Waals surface area contributed by atoms with Crippen LogP contribution in [0.15, 0.2) is 18.2 Å². The number of halogens is 2. The molecule has 0 aliphatic heterocycles. The van der Waals surface area contributed by atoms with E-state index in [-0.39, 0.29) is 17.9 Å². The molecule has 2 N–H and O–H groups in total. The van der Waals surface area contributed by atoms with Crippen molar-refractivity contribution in [2.24, 2.45) is 5.92 Å². The predicted octanol–water partition coefficient (Wildman–Crippen LogP) is 2.68.